The van der Waals surface area contributed by atoms with Gasteiger partial charge in [-0.05, 0) is 38.5 Å². The predicted octanol–water partition coefficient (Wildman–Crippen LogP) is 2.83. The van der Waals surface area contributed by atoms with Crippen LogP contribution >= 0.6 is 0 Å². The van der Waals surface area contributed by atoms with Crippen LogP contribution < -0.4 is 0 Å². The smallest absolute Gasteiger partial charge is 0.342 e. The summed E-state index contributed by atoms with van der Waals surface area (Å²) in [5.41, 5.74) is -0.599. The molecule has 4 nitrogen and oxygen atoms in total. The molecule has 2 N–H and O–H groups in total. The normalized spacial score (nSPS) is 11.2. The molecule has 0 fully saturated rings. The Bertz CT molecular complexity index is 410. The van der Waals surface area contributed by atoms with Crippen molar-refractivity contribution in [3.05, 3.63) is 23.8 Å². The fourth-order valence-electron chi connectivity index (χ4n) is 1.65. The highest BCUT2D eigenvalue weighted by atomic mass is 16.6. The van der Waals surface area contributed by atoms with E-state index in [2.05, 4.69) is 0 Å². The lowest BCUT2D eigenvalue weighted by molar-refractivity contribution is -0.00501. The van der Waals surface area contributed by atoms with Crippen LogP contribution in [0.1, 0.15) is 44.0 Å². The first-order chi connectivity index (χ1) is 7.85. The van der Waals surface area contributed by atoms with E-state index in [0.29, 0.717) is 0 Å². The highest BCUT2D eigenvalue weighted by molar-refractivity contribution is 5.93. The van der Waals surface area contributed by atoms with Crippen molar-refractivity contribution in [2.24, 2.45) is 0 Å². The zero-order valence-electron chi connectivity index (χ0n) is 10.4. The molecule has 0 saturated heterocycles. The van der Waals surface area contributed by atoms with Gasteiger partial charge in [0.25, 0.3) is 0 Å². The number of carbonyl (C=O) groups is 1. The number of rotatable bonds is 4. The summed E-state index contributed by atoms with van der Waals surface area (Å²) in [6, 6.07) is 3.77. The minimum absolute atomic E-state index is 0.0193. The summed E-state index contributed by atoms with van der Waals surface area (Å²) >= 11 is 0. The number of phenols is 2. The minimum atomic E-state index is -0.628. The molecule has 0 aliphatic heterocycles. The van der Waals surface area contributed by atoms with Crippen LogP contribution in [0.15, 0.2) is 18.2 Å². The second kappa shape index (κ2) is 5.08. The van der Waals surface area contributed by atoms with E-state index in [0.717, 1.165) is 12.8 Å². The first-order valence-electron chi connectivity index (χ1n) is 5.61. The Balaban J connectivity index is 2.86. The summed E-state index contributed by atoms with van der Waals surface area (Å²) in [5, 5.41) is 18.8. The number of phenolic OH excluding ortho intramolecular Hbond substituents is 2. The summed E-state index contributed by atoms with van der Waals surface area (Å²) in [5.74, 6) is -0.903. The van der Waals surface area contributed by atoms with Gasteiger partial charge in [0.2, 0.25) is 0 Å². The van der Waals surface area contributed by atoms with E-state index in [4.69, 9.17) is 4.74 Å². The highest BCUT2D eigenvalue weighted by Gasteiger charge is 2.24. The van der Waals surface area contributed by atoms with E-state index in [1.807, 2.05) is 20.8 Å². The monoisotopic (exact) mass is 238 g/mol. The van der Waals surface area contributed by atoms with Crippen molar-refractivity contribution < 1.29 is 19.7 Å². The summed E-state index contributed by atoms with van der Waals surface area (Å²) in [6.45, 7) is 5.63. The van der Waals surface area contributed by atoms with Gasteiger partial charge in [0.05, 0.1) is 0 Å². The number of hydrogen-bond acceptors (Lipinski definition) is 4. The summed E-state index contributed by atoms with van der Waals surface area (Å²) < 4.78 is 5.29. The number of benzene rings is 1. The molecule has 0 unspecified atom stereocenters. The zero-order valence-corrected chi connectivity index (χ0v) is 10.4. The lowest BCUT2D eigenvalue weighted by Crippen LogP contribution is -2.27. The van der Waals surface area contributed by atoms with Gasteiger partial charge < -0.3 is 14.9 Å². The van der Waals surface area contributed by atoms with Gasteiger partial charge in [-0.25, -0.2) is 4.79 Å². The van der Waals surface area contributed by atoms with Crippen molar-refractivity contribution in [3.63, 3.8) is 0 Å². The topological polar surface area (TPSA) is 66.8 Å². The summed E-state index contributed by atoms with van der Waals surface area (Å²) in [6.07, 6.45) is 1.63. The molecular weight excluding hydrogens is 220 g/mol. The van der Waals surface area contributed by atoms with Crippen molar-refractivity contribution >= 4 is 5.97 Å². The Morgan fingerprint density at radius 2 is 2.00 bits per heavy atom. The van der Waals surface area contributed by atoms with Crippen LogP contribution in [0.5, 0.6) is 11.5 Å². The van der Waals surface area contributed by atoms with E-state index in [9.17, 15) is 15.0 Å². The molecule has 0 heterocycles. The molecule has 17 heavy (non-hydrogen) atoms. The Labute approximate surface area is 101 Å². The lowest BCUT2D eigenvalue weighted by Gasteiger charge is -2.24. The number of esters is 1. The molecule has 0 saturated carbocycles. The molecule has 0 aromatic heterocycles. The van der Waals surface area contributed by atoms with Crippen molar-refractivity contribution in [3.8, 4) is 11.5 Å². The van der Waals surface area contributed by atoms with Crippen LogP contribution in [0.25, 0.3) is 0 Å². The van der Waals surface area contributed by atoms with Crippen LogP contribution in [-0.2, 0) is 4.74 Å². The Hall–Kier alpha value is -1.71. The van der Waals surface area contributed by atoms with Crippen molar-refractivity contribution in [1.82, 2.24) is 0 Å². The third kappa shape index (κ3) is 3.66. The fraction of sp³-hybridized carbons (Fsp3) is 0.462. The maximum atomic E-state index is 11.8. The molecule has 1 rings (SSSR count). The van der Waals surface area contributed by atoms with Gasteiger partial charge in [-0.3, -0.25) is 0 Å². The van der Waals surface area contributed by atoms with Gasteiger partial charge in [-0.2, -0.15) is 0 Å². The zero-order chi connectivity index (χ0) is 13.1. The van der Waals surface area contributed by atoms with Crippen LogP contribution in [0, 0.1) is 0 Å². The quantitative estimate of drug-likeness (QED) is 0.625. The molecular formula is C13H18O4. The molecule has 0 aliphatic rings. The van der Waals surface area contributed by atoms with Crippen molar-refractivity contribution in [2.75, 3.05) is 0 Å². The van der Waals surface area contributed by atoms with Crippen molar-refractivity contribution in [1.29, 1.82) is 0 Å². The third-order valence-electron chi connectivity index (χ3n) is 2.42. The van der Waals surface area contributed by atoms with E-state index in [1.165, 1.54) is 18.2 Å². The Morgan fingerprint density at radius 1 is 1.35 bits per heavy atom. The minimum Gasteiger partial charge on any atom is -0.508 e. The van der Waals surface area contributed by atoms with Gasteiger partial charge in [0, 0.05) is 0 Å². The molecule has 0 atom stereocenters. The molecule has 0 bridgehead atoms. The molecule has 94 valence electrons. The van der Waals surface area contributed by atoms with Crippen molar-refractivity contribution in [2.45, 2.75) is 39.2 Å². The number of carbonyl (C=O) groups excluding carboxylic acids is 1. The number of aromatic hydroxyl groups is 2. The summed E-state index contributed by atoms with van der Waals surface area (Å²) in [4.78, 5) is 11.8. The van der Waals surface area contributed by atoms with Gasteiger partial charge in [0.15, 0.2) is 0 Å². The second-order valence-corrected chi connectivity index (χ2v) is 4.60. The average molecular weight is 238 g/mol. The average Bonchev–Trinajstić information content (AvgIpc) is 2.20. The number of hydrogen-bond donors (Lipinski definition) is 2. The van der Waals surface area contributed by atoms with Crippen LogP contribution in [0.2, 0.25) is 0 Å². The van der Waals surface area contributed by atoms with E-state index >= 15 is 0 Å². The summed E-state index contributed by atoms with van der Waals surface area (Å²) in [7, 11) is 0. The Kier molecular flexibility index (Phi) is 3.99. The van der Waals surface area contributed by atoms with E-state index in [-0.39, 0.29) is 17.1 Å². The van der Waals surface area contributed by atoms with Crippen LogP contribution in [0.4, 0.5) is 0 Å². The van der Waals surface area contributed by atoms with Gasteiger partial charge >= 0.3 is 5.97 Å². The fourth-order valence-corrected chi connectivity index (χ4v) is 1.65. The van der Waals surface area contributed by atoms with Crippen LogP contribution in [0.3, 0.4) is 0 Å². The third-order valence-corrected chi connectivity index (χ3v) is 2.42. The second-order valence-electron chi connectivity index (χ2n) is 4.60. The number of ether oxygens (including phenoxy) is 1. The first-order valence-corrected chi connectivity index (χ1v) is 5.61. The molecule has 1 aromatic carbocycles. The first kappa shape index (κ1) is 13.4. The maximum Gasteiger partial charge on any atom is 0.342 e. The van der Waals surface area contributed by atoms with Gasteiger partial charge in [0.1, 0.15) is 22.7 Å². The highest BCUT2D eigenvalue weighted by Crippen LogP contribution is 2.26. The standard InChI is InChI=1S/C13H18O4/c1-4-7-13(2,3)17-12(16)10-8-9(14)5-6-11(10)15/h5-6,8,14-15H,4,7H2,1-3H3. The van der Waals surface area contributed by atoms with Crippen LogP contribution in [-0.4, -0.2) is 21.8 Å². The lowest BCUT2D eigenvalue weighted by atomic mass is 10.0. The molecule has 4 heteroatoms. The Morgan fingerprint density at radius 3 is 2.59 bits per heavy atom. The molecule has 0 spiro atoms. The van der Waals surface area contributed by atoms with E-state index < -0.39 is 11.6 Å². The van der Waals surface area contributed by atoms with E-state index in [1.54, 1.807) is 0 Å². The molecule has 0 radical (unpaired) electrons. The van der Waals surface area contributed by atoms with Gasteiger partial charge in [-0.15, -0.1) is 0 Å². The largest absolute Gasteiger partial charge is 0.508 e. The van der Waals surface area contributed by atoms with Gasteiger partial charge in [-0.1, -0.05) is 13.3 Å². The molecule has 1 aromatic rings. The SMILES string of the molecule is CCCC(C)(C)OC(=O)c1cc(O)ccc1O. The predicted molar refractivity (Wildman–Crippen MR) is 64.2 cm³/mol. The molecule has 0 amide bonds. The maximum absolute atomic E-state index is 11.8. The molecule has 0 aliphatic carbocycles.